The Bertz CT molecular complexity index is 718. The fourth-order valence-electron chi connectivity index (χ4n) is 3.10. The number of aromatic amines is 1. The summed E-state index contributed by atoms with van der Waals surface area (Å²) >= 11 is 0. The first-order valence-electron chi connectivity index (χ1n) is 7.86. The van der Waals surface area contributed by atoms with Gasteiger partial charge in [0.1, 0.15) is 0 Å². The van der Waals surface area contributed by atoms with Gasteiger partial charge in [-0.3, -0.25) is 9.59 Å². The molecule has 2 heterocycles. The second-order valence-corrected chi connectivity index (χ2v) is 5.93. The third-order valence-corrected chi connectivity index (χ3v) is 4.44. The Labute approximate surface area is 134 Å². The summed E-state index contributed by atoms with van der Waals surface area (Å²) in [5.41, 5.74) is 1.06. The molecule has 0 spiro atoms. The molecule has 1 atom stereocenters. The normalized spacial score (nSPS) is 17.0. The highest BCUT2D eigenvalue weighted by molar-refractivity contribution is 5.94. The van der Waals surface area contributed by atoms with Crippen molar-refractivity contribution in [1.29, 1.82) is 0 Å². The number of nitrogens with one attached hydrogen (secondary N) is 1. The Morgan fingerprint density at radius 2 is 1.87 bits per heavy atom. The average Bonchev–Trinajstić information content (AvgIpc) is 2.61. The first-order chi connectivity index (χ1) is 11.1. The largest absolute Gasteiger partial charge is 0.388 e. The molecule has 1 aliphatic rings. The lowest BCUT2D eigenvalue weighted by Gasteiger charge is -2.34. The Hall–Kier alpha value is -2.40. The Balaban J connectivity index is 1.62. The number of benzene rings is 1. The van der Waals surface area contributed by atoms with Gasteiger partial charge >= 0.3 is 0 Å². The van der Waals surface area contributed by atoms with E-state index in [1.54, 1.807) is 11.0 Å². The predicted octanol–water partition coefficient (Wildman–Crippen LogP) is 1.96. The van der Waals surface area contributed by atoms with Crippen molar-refractivity contribution in [2.75, 3.05) is 13.1 Å². The number of pyridine rings is 1. The van der Waals surface area contributed by atoms with E-state index >= 15 is 0 Å². The second kappa shape index (κ2) is 6.79. The maximum absolute atomic E-state index is 12.4. The first-order valence-corrected chi connectivity index (χ1v) is 7.86. The van der Waals surface area contributed by atoms with Crippen molar-refractivity contribution < 1.29 is 9.90 Å². The number of likely N-dealkylation sites (tertiary alicyclic amines) is 1. The van der Waals surface area contributed by atoms with E-state index in [1.165, 1.54) is 12.3 Å². The third-order valence-electron chi connectivity index (χ3n) is 4.44. The van der Waals surface area contributed by atoms with E-state index in [-0.39, 0.29) is 17.4 Å². The zero-order valence-corrected chi connectivity index (χ0v) is 12.8. The minimum Gasteiger partial charge on any atom is -0.388 e. The lowest BCUT2D eigenvalue weighted by atomic mass is 9.87. The van der Waals surface area contributed by atoms with Crippen molar-refractivity contribution in [3.05, 3.63) is 70.1 Å². The van der Waals surface area contributed by atoms with E-state index < -0.39 is 6.10 Å². The van der Waals surface area contributed by atoms with Crippen LogP contribution in [0.3, 0.4) is 0 Å². The van der Waals surface area contributed by atoms with Crippen LogP contribution in [0.1, 0.15) is 34.9 Å². The van der Waals surface area contributed by atoms with Crippen molar-refractivity contribution in [3.8, 4) is 0 Å². The van der Waals surface area contributed by atoms with Gasteiger partial charge in [0, 0.05) is 30.9 Å². The minimum atomic E-state index is -0.493. The molecule has 1 aromatic carbocycles. The van der Waals surface area contributed by atoms with Crippen molar-refractivity contribution in [1.82, 2.24) is 9.88 Å². The number of hydrogen-bond donors (Lipinski definition) is 2. The zero-order chi connectivity index (χ0) is 16.2. The van der Waals surface area contributed by atoms with Gasteiger partial charge in [0.25, 0.3) is 5.91 Å². The molecule has 1 saturated heterocycles. The summed E-state index contributed by atoms with van der Waals surface area (Å²) in [6, 6.07) is 12.6. The molecule has 1 aliphatic heterocycles. The maximum atomic E-state index is 12.4. The zero-order valence-electron chi connectivity index (χ0n) is 12.8. The van der Waals surface area contributed by atoms with Crippen LogP contribution in [-0.2, 0) is 0 Å². The lowest BCUT2D eigenvalue weighted by Crippen LogP contribution is -2.40. The SMILES string of the molecule is O=C(c1cc[nH]c(=O)c1)N1CCC(C(O)c2ccccc2)CC1. The maximum Gasteiger partial charge on any atom is 0.254 e. The molecule has 120 valence electrons. The molecule has 0 saturated carbocycles. The molecule has 1 aromatic heterocycles. The van der Waals surface area contributed by atoms with Crippen LogP contribution >= 0.6 is 0 Å². The molecule has 5 nitrogen and oxygen atoms in total. The monoisotopic (exact) mass is 312 g/mol. The summed E-state index contributed by atoms with van der Waals surface area (Å²) in [6.07, 6.45) is 2.50. The van der Waals surface area contributed by atoms with Crippen molar-refractivity contribution >= 4 is 5.91 Å². The van der Waals surface area contributed by atoms with Crippen LogP contribution in [0.15, 0.2) is 53.5 Å². The van der Waals surface area contributed by atoms with E-state index in [2.05, 4.69) is 4.98 Å². The number of carbonyl (C=O) groups excluding carboxylic acids is 1. The fourth-order valence-corrected chi connectivity index (χ4v) is 3.10. The Morgan fingerprint density at radius 1 is 1.17 bits per heavy atom. The Morgan fingerprint density at radius 3 is 2.52 bits per heavy atom. The average molecular weight is 312 g/mol. The molecule has 1 unspecified atom stereocenters. The molecule has 3 rings (SSSR count). The lowest BCUT2D eigenvalue weighted by molar-refractivity contribution is 0.0462. The fraction of sp³-hybridized carbons (Fsp3) is 0.333. The number of H-pyrrole nitrogens is 1. The number of amides is 1. The van der Waals surface area contributed by atoms with Gasteiger partial charge in [-0.05, 0) is 30.4 Å². The van der Waals surface area contributed by atoms with Crippen LogP contribution < -0.4 is 5.56 Å². The van der Waals surface area contributed by atoms with Gasteiger partial charge < -0.3 is 15.0 Å². The summed E-state index contributed by atoms with van der Waals surface area (Å²) in [5, 5.41) is 10.5. The smallest absolute Gasteiger partial charge is 0.254 e. The van der Waals surface area contributed by atoms with Gasteiger partial charge in [-0.1, -0.05) is 30.3 Å². The van der Waals surface area contributed by atoms with Crippen LogP contribution in [0.2, 0.25) is 0 Å². The van der Waals surface area contributed by atoms with Gasteiger partial charge in [-0.15, -0.1) is 0 Å². The van der Waals surface area contributed by atoms with Gasteiger partial charge in [0.2, 0.25) is 5.56 Å². The van der Waals surface area contributed by atoms with Gasteiger partial charge in [-0.2, -0.15) is 0 Å². The minimum absolute atomic E-state index is 0.122. The molecule has 1 amide bonds. The summed E-state index contributed by atoms with van der Waals surface area (Å²) in [6.45, 7) is 1.19. The number of aliphatic hydroxyl groups excluding tert-OH is 1. The predicted molar refractivity (Wildman–Crippen MR) is 87.1 cm³/mol. The topological polar surface area (TPSA) is 73.4 Å². The van der Waals surface area contributed by atoms with Crippen LogP contribution in [0.5, 0.6) is 0 Å². The highest BCUT2D eigenvalue weighted by atomic mass is 16.3. The highest BCUT2D eigenvalue weighted by Crippen LogP contribution is 2.30. The third kappa shape index (κ3) is 3.51. The second-order valence-electron chi connectivity index (χ2n) is 5.93. The standard InChI is InChI=1S/C18H20N2O3/c21-16-12-15(6-9-19-16)18(23)20-10-7-14(8-11-20)17(22)13-4-2-1-3-5-13/h1-6,9,12,14,17,22H,7-8,10-11H2,(H,19,21). The highest BCUT2D eigenvalue weighted by Gasteiger charge is 2.28. The molecule has 2 aromatic rings. The number of aliphatic hydroxyl groups is 1. The molecule has 0 radical (unpaired) electrons. The first kappa shape index (κ1) is 15.5. The van der Waals surface area contributed by atoms with E-state index in [4.69, 9.17) is 0 Å². The summed E-state index contributed by atoms with van der Waals surface area (Å²) in [4.78, 5) is 28.0. The van der Waals surface area contributed by atoms with E-state index in [1.807, 2.05) is 30.3 Å². The number of rotatable bonds is 3. The molecular weight excluding hydrogens is 292 g/mol. The van der Waals surface area contributed by atoms with Gasteiger partial charge in [-0.25, -0.2) is 0 Å². The summed E-state index contributed by atoms with van der Waals surface area (Å²) < 4.78 is 0. The molecular formula is C18H20N2O3. The quantitative estimate of drug-likeness (QED) is 0.910. The molecule has 2 N–H and O–H groups in total. The number of aromatic nitrogens is 1. The van der Waals surface area contributed by atoms with E-state index in [0.717, 1.165) is 18.4 Å². The van der Waals surface area contributed by atoms with Crippen LogP contribution in [0.25, 0.3) is 0 Å². The molecule has 1 fully saturated rings. The number of piperidine rings is 1. The summed E-state index contributed by atoms with van der Waals surface area (Å²) in [5.74, 6) is 0.0318. The molecule has 5 heteroatoms. The van der Waals surface area contributed by atoms with Gasteiger partial charge in [0.05, 0.1) is 6.10 Å². The van der Waals surface area contributed by atoms with Crippen LogP contribution in [0.4, 0.5) is 0 Å². The van der Waals surface area contributed by atoms with Crippen LogP contribution in [0, 0.1) is 5.92 Å². The van der Waals surface area contributed by atoms with Crippen molar-refractivity contribution in [3.63, 3.8) is 0 Å². The molecule has 23 heavy (non-hydrogen) atoms. The van der Waals surface area contributed by atoms with Crippen molar-refractivity contribution in [2.24, 2.45) is 5.92 Å². The number of hydrogen-bond acceptors (Lipinski definition) is 3. The molecule has 0 aliphatic carbocycles. The molecule has 0 bridgehead atoms. The van der Waals surface area contributed by atoms with E-state index in [0.29, 0.717) is 18.7 Å². The number of carbonyl (C=O) groups is 1. The van der Waals surface area contributed by atoms with E-state index in [9.17, 15) is 14.7 Å². The summed E-state index contributed by atoms with van der Waals surface area (Å²) in [7, 11) is 0. The van der Waals surface area contributed by atoms with Crippen molar-refractivity contribution in [2.45, 2.75) is 18.9 Å². The Kier molecular flexibility index (Phi) is 4.57. The van der Waals surface area contributed by atoms with Crippen LogP contribution in [-0.4, -0.2) is 34.0 Å². The number of nitrogens with zero attached hydrogens (tertiary/aromatic N) is 1. The van der Waals surface area contributed by atoms with Gasteiger partial charge in [0.15, 0.2) is 0 Å².